The number of carbonyl (C=O) groups excluding carboxylic acids is 2. The zero-order valence-electron chi connectivity index (χ0n) is 17.3. The van der Waals surface area contributed by atoms with Crippen molar-refractivity contribution in [3.63, 3.8) is 0 Å². The van der Waals surface area contributed by atoms with E-state index >= 15 is 0 Å². The first-order valence-corrected chi connectivity index (χ1v) is 10.5. The van der Waals surface area contributed by atoms with Gasteiger partial charge in [-0.05, 0) is 36.8 Å². The Morgan fingerprint density at radius 2 is 1.61 bits per heavy atom. The van der Waals surface area contributed by atoms with E-state index in [9.17, 15) is 9.59 Å². The zero-order valence-corrected chi connectivity index (χ0v) is 18.1. The molecule has 2 amide bonds. The molecule has 0 aliphatic rings. The van der Waals surface area contributed by atoms with E-state index in [0.29, 0.717) is 23.7 Å². The van der Waals surface area contributed by atoms with Gasteiger partial charge in [-0.3, -0.25) is 9.59 Å². The minimum Gasteiger partial charge on any atom is -0.492 e. The third-order valence-electron chi connectivity index (χ3n) is 4.73. The van der Waals surface area contributed by atoms with Crippen LogP contribution in [0, 0.1) is 6.92 Å². The molecule has 0 saturated carbocycles. The Labute approximate surface area is 187 Å². The molecule has 0 saturated heterocycles. The molecule has 31 heavy (non-hydrogen) atoms. The van der Waals surface area contributed by atoms with Crippen molar-refractivity contribution < 1.29 is 14.3 Å². The van der Waals surface area contributed by atoms with Gasteiger partial charge in [-0.2, -0.15) is 0 Å². The molecule has 0 aliphatic carbocycles. The van der Waals surface area contributed by atoms with Gasteiger partial charge in [0.25, 0.3) is 5.91 Å². The number of hydrogen-bond acceptors (Lipinski definition) is 3. The van der Waals surface area contributed by atoms with Gasteiger partial charge in [-0.1, -0.05) is 71.8 Å². The van der Waals surface area contributed by atoms with E-state index < -0.39 is 6.04 Å². The van der Waals surface area contributed by atoms with E-state index in [1.54, 1.807) is 24.3 Å². The van der Waals surface area contributed by atoms with Crippen LogP contribution in [0.15, 0.2) is 78.9 Å². The van der Waals surface area contributed by atoms with Crippen molar-refractivity contribution in [2.45, 2.75) is 19.4 Å². The monoisotopic (exact) mass is 436 g/mol. The molecular weight excluding hydrogens is 412 g/mol. The topological polar surface area (TPSA) is 67.4 Å². The molecule has 2 N–H and O–H groups in total. The molecule has 1 atom stereocenters. The van der Waals surface area contributed by atoms with Crippen LogP contribution in [0.25, 0.3) is 0 Å². The van der Waals surface area contributed by atoms with Crippen LogP contribution >= 0.6 is 11.6 Å². The molecule has 0 unspecified atom stereocenters. The van der Waals surface area contributed by atoms with Gasteiger partial charge in [-0.15, -0.1) is 0 Å². The number of nitrogens with one attached hydrogen (secondary N) is 2. The number of halogens is 1. The molecule has 0 bridgehead atoms. The van der Waals surface area contributed by atoms with Gasteiger partial charge in [0, 0.05) is 0 Å². The maximum Gasteiger partial charge on any atom is 0.253 e. The quantitative estimate of drug-likeness (QED) is 0.477. The SMILES string of the molecule is Cc1ccc(OCCNC(=O)C[C@H](NC(=O)c2ccccc2Cl)c2ccccc2)cc1. The number of amides is 2. The Morgan fingerprint density at radius 3 is 2.32 bits per heavy atom. The Hall–Kier alpha value is -3.31. The standard InChI is InChI=1S/C25H25ClN2O3/c1-18-11-13-20(14-12-18)31-16-15-27-24(29)17-23(19-7-3-2-4-8-19)28-25(30)21-9-5-6-10-22(21)26/h2-14,23H,15-17H2,1H3,(H,27,29)(H,28,30)/t23-/m0/s1. The summed E-state index contributed by atoms with van der Waals surface area (Å²) in [6, 6.07) is 23.5. The van der Waals surface area contributed by atoms with Crippen molar-refractivity contribution >= 4 is 23.4 Å². The highest BCUT2D eigenvalue weighted by molar-refractivity contribution is 6.33. The molecule has 3 aromatic rings. The summed E-state index contributed by atoms with van der Waals surface area (Å²) in [6.07, 6.45) is 0.102. The summed E-state index contributed by atoms with van der Waals surface area (Å²) in [5.41, 5.74) is 2.37. The van der Waals surface area contributed by atoms with Gasteiger partial charge in [0.15, 0.2) is 0 Å². The number of hydrogen-bond donors (Lipinski definition) is 2. The molecule has 0 spiro atoms. The van der Waals surface area contributed by atoms with Crippen molar-refractivity contribution in [1.29, 1.82) is 0 Å². The number of carbonyl (C=O) groups is 2. The minimum absolute atomic E-state index is 0.102. The van der Waals surface area contributed by atoms with Crippen LogP contribution in [0.3, 0.4) is 0 Å². The van der Waals surface area contributed by atoms with Crippen LogP contribution in [0.2, 0.25) is 5.02 Å². The first-order valence-electron chi connectivity index (χ1n) is 10.1. The summed E-state index contributed by atoms with van der Waals surface area (Å²) in [6.45, 7) is 2.74. The normalized spacial score (nSPS) is 11.4. The molecule has 0 radical (unpaired) electrons. The molecule has 5 nitrogen and oxygen atoms in total. The molecule has 3 aromatic carbocycles. The summed E-state index contributed by atoms with van der Waals surface area (Å²) in [5.74, 6) is 0.254. The lowest BCUT2D eigenvalue weighted by molar-refractivity contribution is -0.121. The van der Waals surface area contributed by atoms with E-state index in [4.69, 9.17) is 16.3 Å². The fraction of sp³-hybridized carbons (Fsp3) is 0.200. The summed E-state index contributed by atoms with van der Waals surface area (Å²) < 4.78 is 5.64. The smallest absolute Gasteiger partial charge is 0.253 e. The van der Waals surface area contributed by atoms with Gasteiger partial charge in [-0.25, -0.2) is 0 Å². The second kappa shape index (κ2) is 11.2. The number of benzene rings is 3. The molecule has 160 valence electrons. The van der Waals surface area contributed by atoms with Crippen molar-refractivity contribution in [2.24, 2.45) is 0 Å². The molecule has 0 aromatic heterocycles. The van der Waals surface area contributed by atoms with Crippen molar-refractivity contribution in [3.8, 4) is 5.75 Å². The Bertz CT molecular complexity index is 1010. The van der Waals surface area contributed by atoms with E-state index in [1.807, 2.05) is 61.5 Å². The van der Waals surface area contributed by atoms with Crippen molar-refractivity contribution in [2.75, 3.05) is 13.2 Å². The number of ether oxygens (including phenoxy) is 1. The molecule has 6 heteroatoms. The lowest BCUT2D eigenvalue weighted by atomic mass is 10.0. The van der Waals surface area contributed by atoms with Gasteiger partial charge >= 0.3 is 0 Å². The molecule has 0 heterocycles. The van der Waals surface area contributed by atoms with Crippen LogP contribution in [0.5, 0.6) is 5.75 Å². The third kappa shape index (κ3) is 6.86. The summed E-state index contributed by atoms with van der Waals surface area (Å²) in [5, 5.41) is 6.14. The van der Waals surface area contributed by atoms with Crippen LogP contribution < -0.4 is 15.4 Å². The second-order valence-corrected chi connectivity index (χ2v) is 7.54. The molecule has 3 rings (SSSR count). The molecule has 0 aliphatic heterocycles. The first-order chi connectivity index (χ1) is 15.0. The van der Waals surface area contributed by atoms with Crippen molar-refractivity contribution in [3.05, 3.63) is 101 Å². The molecule has 0 fully saturated rings. The van der Waals surface area contributed by atoms with E-state index in [-0.39, 0.29) is 18.2 Å². The van der Waals surface area contributed by atoms with Crippen LogP contribution in [0.1, 0.15) is 33.9 Å². The summed E-state index contributed by atoms with van der Waals surface area (Å²) in [4.78, 5) is 25.2. The summed E-state index contributed by atoms with van der Waals surface area (Å²) in [7, 11) is 0. The van der Waals surface area contributed by atoms with Gasteiger partial charge < -0.3 is 15.4 Å². The minimum atomic E-state index is -0.483. The fourth-order valence-electron chi connectivity index (χ4n) is 3.07. The fourth-order valence-corrected chi connectivity index (χ4v) is 3.29. The lowest BCUT2D eigenvalue weighted by Gasteiger charge is -2.19. The van der Waals surface area contributed by atoms with Crippen LogP contribution in [0.4, 0.5) is 0 Å². The highest BCUT2D eigenvalue weighted by Gasteiger charge is 2.20. The highest BCUT2D eigenvalue weighted by Crippen LogP contribution is 2.20. The zero-order chi connectivity index (χ0) is 22.1. The lowest BCUT2D eigenvalue weighted by Crippen LogP contribution is -2.35. The van der Waals surface area contributed by atoms with E-state index in [1.165, 1.54) is 0 Å². The Morgan fingerprint density at radius 1 is 0.935 bits per heavy atom. The van der Waals surface area contributed by atoms with Gasteiger partial charge in [0.2, 0.25) is 5.91 Å². The van der Waals surface area contributed by atoms with Crippen LogP contribution in [-0.2, 0) is 4.79 Å². The Balaban J connectivity index is 1.56. The van der Waals surface area contributed by atoms with E-state index in [2.05, 4.69) is 10.6 Å². The number of aryl methyl sites for hydroxylation is 1. The third-order valence-corrected chi connectivity index (χ3v) is 5.06. The Kier molecular flexibility index (Phi) is 8.07. The van der Waals surface area contributed by atoms with Crippen LogP contribution in [-0.4, -0.2) is 25.0 Å². The average Bonchev–Trinajstić information content (AvgIpc) is 2.78. The summed E-state index contributed by atoms with van der Waals surface area (Å²) >= 11 is 6.14. The average molecular weight is 437 g/mol. The maximum absolute atomic E-state index is 12.7. The largest absolute Gasteiger partial charge is 0.492 e. The number of rotatable bonds is 9. The predicted octanol–water partition coefficient (Wildman–Crippen LogP) is 4.70. The molecular formula is C25H25ClN2O3. The van der Waals surface area contributed by atoms with E-state index in [0.717, 1.165) is 16.9 Å². The van der Waals surface area contributed by atoms with Gasteiger partial charge in [0.05, 0.1) is 29.6 Å². The van der Waals surface area contributed by atoms with Gasteiger partial charge in [0.1, 0.15) is 12.4 Å². The predicted molar refractivity (Wildman–Crippen MR) is 122 cm³/mol. The van der Waals surface area contributed by atoms with Crippen molar-refractivity contribution in [1.82, 2.24) is 10.6 Å². The first kappa shape index (κ1) is 22.4. The second-order valence-electron chi connectivity index (χ2n) is 7.13. The highest BCUT2D eigenvalue weighted by atomic mass is 35.5. The maximum atomic E-state index is 12.7.